The first-order chi connectivity index (χ1) is 31.1. The van der Waals surface area contributed by atoms with Gasteiger partial charge in [-0.15, -0.1) is 11.6 Å². The maximum atomic E-state index is 15.9. The molecule has 1 unspecified atom stereocenters. The highest BCUT2D eigenvalue weighted by Gasteiger charge is 2.46. The molecule has 300 valence electrons. The van der Waals surface area contributed by atoms with E-state index in [2.05, 4.69) is 4.90 Å². The van der Waals surface area contributed by atoms with Gasteiger partial charge in [0.25, 0.3) is 11.8 Å². The van der Waals surface area contributed by atoms with Crippen LogP contribution >= 0.6 is 11.6 Å². The van der Waals surface area contributed by atoms with E-state index in [1.165, 1.54) is 0 Å². The van der Waals surface area contributed by atoms with Crippen molar-refractivity contribution in [3.63, 3.8) is 0 Å². The lowest BCUT2D eigenvalue weighted by atomic mass is 9.88. The molecule has 4 aromatic carbocycles. The molecule has 4 aromatic rings. The molecule has 11 nitrogen and oxygen atoms in total. The van der Waals surface area contributed by atoms with Crippen LogP contribution < -0.4 is 15.1 Å². The summed E-state index contributed by atoms with van der Waals surface area (Å²) in [6.07, 6.45) is 0.897. The van der Waals surface area contributed by atoms with Gasteiger partial charge < -0.3 is 20.0 Å². The zero-order chi connectivity index (χ0) is 47.7. The van der Waals surface area contributed by atoms with Crippen LogP contribution in [0.25, 0.3) is 11.1 Å². The Kier molecular flexibility index (Phi) is 8.71. The van der Waals surface area contributed by atoms with Crippen LogP contribution in [0.2, 0.25) is 0 Å². The fraction of sp³-hybridized carbons (Fsp3) is 0.333. The number of phenolic OH excluding ortho intramolecular Hbond substituents is 2. The number of alkyl halides is 1. The number of aromatic hydroxyl groups is 2. The van der Waals surface area contributed by atoms with Gasteiger partial charge in [-0.2, -0.15) is 0 Å². The molecule has 4 aliphatic rings. The van der Waals surface area contributed by atoms with Crippen molar-refractivity contribution in [3.05, 3.63) is 119 Å². The van der Waals surface area contributed by atoms with Gasteiger partial charge in [0.2, 0.25) is 11.8 Å². The number of phenols is 2. The van der Waals surface area contributed by atoms with Gasteiger partial charge in [0.15, 0.2) is 0 Å². The van der Waals surface area contributed by atoms with Crippen molar-refractivity contribution >= 4 is 57.8 Å². The summed E-state index contributed by atoms with van der Waals surface area (Å²) in [5.74, 6) is -5.20. The lowest BCUT2D eigenvalue weighted by Gasteiger charge is -2.40. The maximum Gasteiger partial charge on any atom is 0.265 e. The monoisotopic (exact) mass is 813 g/mol. The van der Waals surface area contributed by atoms with E-state index in [4.69, 9.17) is 22.6 Å². The summed E-state index contributed by atoms with van der Waals surface area (Å²) in [5.41, 5.74) is 3.09. The van der Waals surface area contributed by atoms with E-state index < -0.39 is 84.2 Å². The SMILES string of the molecule is [2H]C1([2H])N(CC2CCN(c3ccc(C(=C(CCCl)c4ccc(O)cc4)c4ccc(O)cc4)cc3)CC2)C([2H])([2H])C([2H])([2H])N(c2cc(F)c3c(c2)C(=O)N(C2CCC(=O)NC2=O)C3=O)C1([2H])[2H]. The van der Waals surface area contributed by atoms with E-state index in [0.717, 1.165) is 39.6 Å². The van der Waals surface area contributed by atoms with Crippen LogP contribution in [0.4, 0.5) is 15.8 Å². The topological polar surface area (TPSA) is 134 Å². The molecule has 3 N–H and O–H groups in total. The molecule has 0 radical (unpaired) electrons. The molecule has 0 saturated carbocycles. The molecule has 0 aromatic heterocycles. The molecule has 3 fully saturated rings. The maximum absolute atomic E-state index is 15.9. The second-order valence-corrected chi connectivity index (χ2v) is 14.9. The molecule has 3 saturated heterocycles. The normalized spacial score (nSPS) is 25.2. The number of allylic oxidation sites excluding steroid dienone is 1. The first-order valence-electron chi connectivity index (χ1n) is 23.0. The molecule has 0 bridgehead atoms. The minimum atomic E-state index is -3.40. The summed E-state index contributed by atoms with van der Waals surface area (Å²) in [6, 6.07) is 21.4. The lowest BCUT2D eigenvalue weighted by Crippen LogP contribution is -2.54. The molecule has 8 rings (SSSR count). The number of piperazine rings is 1. The highest BCUT2D eigenvalue weighted by Crippen LogP contribution is 2.38. The van der Waals surface area contributed by atoms with E-state index in [1.54, 1.807) is 24.3 Å². The minimum absolute atomic E-state index is 0.111. The molecule has 0 spiro atoms. The Bertz CT molecular complexity index is 2600. The molecule has 4 amide bonds. The standard InChI is InChI=1S/C45H45ClFN5O6/c46-18-15-36(29-3-9-34(53)10-4-29)41(31-5-11-35(54)12-6-31)30-1-7-32(8-2-30)50-19-16-28(17-20-50)27-49-21-23-51(24-22-49)33-25-37-42(38(47)26-33)45(58)52(44(37)57)39-13-14-40(55)48-43(39)56/h1-12,25-26,28,39,53-54H,13-24,27H2,(H,48,55,56)/i21D2,22D2,23D2,24D2. The summed E-state index contributed by atoms with van der Waals surface area (Å²) in [6.45, 7) is -12.8. The number of halogens is 2. The predicted molar refractivity (Wildman–Crippen MR) is 221 cm³/mol. The van der Waals surface area contributed by atoms with Crippen LogP contribution in [0.15, 0.2) is 84.9 Å². The largest absolute Gasteiger partial charge is 0.508 e. The van der Waals surface area contributed by atoms with Crippen molar-refractivity contribution in [2.75, 3.05) is 61.3 Å². The third kappa shape index (κ3) is 7.91. The van der Waals surface area contributed by atoms with E-state index in [-0.39, 0.29) is 35.8 Å². The zero-order valence-electron chi connectivity index (χ0n) is 39.2. The highest BCUT2D eigenvalue weighted by atomic mass is 35.5. The number of benzene rings is 4. The van der Waals surface area contributed by atoms with Gasteiger partial charge in [0.05, 0.1) is 16.6 Å². The van der Waals surface area contributed by atoms with Gasteiger partial charge in [0.1, 0.15) is 23.4 Å². The Labute approximate surface area is 352 Å². The number of amides is 4. The Hall–Kier alpha value is -5.72. The number of nitrogens with zero attached hydrogens (tertiary/aromatic N) is 4. The zero-order valence-corrected chi connectivity index (χ0v) is 31.9. The Morgan fingerprint density at radius 3 is 1.97 bits per heavy atom. The number of carbonyl (C=O) groups is 4. The van der Waals surface area contributed by atoms with Crippen molar-refractivity contribution in [1.82, 2.24) is 15.1 Å². The van der Waals surface area contributed by atoms with Crippen molar-refractivity contribution in [2.45, 2.75) is 38.1 Å². The van der Waals surface area contributed by atoms with Gasteiger partial charge in [-0.25, -0.2) is 4.39 Å². The average molecular weight is 814 g/mol. The molecule has 1 atom stereocenters. The smallest absolute Gasteiger partial charge is 0.265 e. The van der Waals surface area contributed by atoms with Crippen LogP contribution in [-0.4, -0.2) is 101 Å². The summed E-state index contributed by atoms with van der Waals surface area (Å²) in [5, 5.41) is 22.0. The fourth-order valence-corrected chi connectivity index (χ4v) is 8.13. The van der Waals surface area contributed by atoms with Gasteiger partial charge in [-0.05, 0) is 108 Å². The Balaban J connectivity index is 1.01. The highest BCUT2D eigenvalue weighted by molar-refractivity contribution is 6.24. The third-order valence-electron chi connectivity index (χ3n) is 10.9. The number of hydrogen-bond donors (Lipinski definition) is 3. The minimum Gasteiger partial charge on any atom is -0.508 e. The van der Waals surface area contributed by atoms with Gasteiger partial charge in [-0.3, -0.25) is 34.3 Å². The van der Waals surface area contributed by atoms with E-state index in [9.17, 15) is 29.4 Å². The number of hydrogen-bond acceptors (Lipinski definition) is 9. The Morgan fingerprint density at radius 1 is 0.759 bits per heavy atom. The number of carbonyl (C=O) groups excluding carboxylic acids is 4. The van der Waals surface area contributed by atoms with Gasteiger partial charge >= 0.3 is 0 Å². The van der Waals surface area contributed by atoms with Crippen LogP contribution in [-0.2, 0) is 9.59 Å². The molecule has 4 heterocycles. The van der Waals surface area contributed by atoms with Crippen LogP contribution in [0, 0.1) is 11.7 Å². The summed E-state index contributed by atoms with van der Waals surface area (Å²) >= 11 is 6.31. The molecule has 13 heteroatoms. The predicted octanol–water partition coefficient (Wildman–Crippen LogP) is 6.26. The van der Waals surface area contributed by atoms with E-state index in [0.29, 0.717) is 54.1 Å². The quantitative estimate of drug-likeness (QED) is 0.0964. The van der Waals surface area contributed by atoms with E-state index >= 15 is 4.39 Å². The van der Waals surface area contributed by atoms with Crippen molar-refractivity contribution in [1.29, 1.82) is 0 Å². The molecule has 4 aliphatic heterocycles. The first-order valence-corrected chi connectivity index (χ1v) is 19.5. The van der Waals surface area contributed by atoms with Crippen LogP contribution in [0.5, 0.6) is 11.5 Å². The lowest BCUT2D eigenvalue weighted by molar-refractivity contribution is -0.136. The number of anilines is 2. The number of rotatable bonds is 10. The second kappa shape index (κ2) is 16.6. The number of fused-ring (bicyclic) bond motifs is 1. The molecular formula is C45H45ClFN5O6. The first kappa shape index (κ1) is 30.4. The Morgan fingerprint density at radius 2 is 1.36 bits per heavy atom. The van der Waals surface area contributed by atoms with Crippen LogP contribution in [0.1, 0.15) is 80.5 Å². The van der Waals surface area contributed by atoms with Crippen molar-refractivity contribution in [2.24, 2.45) is 5.92 Å². The third-order valence-corrected chi connectivity index (χ3v) is 11.1. The molecule has 58 heavy (non-hydrogen) atoms. The van der Waals surface area contributed by atoms with E-state index in [1.807, 2.05) is 53.8 Å². The molecular weight excluding hydrogens is 761 g/mol. The van der Waals surface area contributed by atoms with Crippen molar-refractivity contribution < 1.29 is 44.7 Å². The van der Waals surface area contributed by atoms with Crippen LogP contribution in [0.3, 0.4) is 0 Å². The molecule has 0 aliphatic carbocycles. The summed E-state index contributed by atoms with van der Waals surface area (Å²) in [4.78, 5) is 54.5. The average Bonchev–Trinajstić information content (AvgIpc) is 3.51. The van der Waals surface area contributed by atoms with Gasteiger partial charge in [-0.1, -0.05) is 36.4 Å². The van der Waals surface area contributed by atoms with Crippen molar-refractivity contribution in [3.8, 4) is 11.5 Å². The second-order valence-electron chi connectivity index (χ2n) is 14.6. The summed E-state index contributed by atoms with van der Waals surface area (Å²) in [7, 11) is 0. The number of imide groups is 2. The number of nitrogens with one attached hydrogen (secondary N) is 1. The van der Waals surface area contributed by atoms with Gasteiger partial charge in [0, 0.05) is 74.8 Å². The fourth-order valence-electron chi connectivity index (χ4n) is 7.94. The number of piperidine rings is 2. The summed E-state index contributed by atoms with van der Waals surface area (Å²) < 4.78 is 88.2.